The minimum absolute atomic E-state index is 0. The summed E-state index contributed by atoms with van der Waals surface area (Å²) in [7, 11) is 0. The zero-order valence-corrected chi connectivity index (χ0v) is 21.8. The van der Waals surface area contributed by atoms with E-state index in [-0.39, 0.29) is 24.8 Å². The van der Waals surface area contributed by atoms with Crippen LogP contribution in [0.1, 0.15) is 13.8 Å². The van der Waals surface area contributed by atoms with Crippen LogP contribution < -0.4 is 24.8 Å². The predicted octanol–water partition coefficient (Wildman–Crippen LogP) is 0.176. The minimum Gasteiger partial charge on any atom is -1.00 e. The van der Waals surface area contributed by atoms with E-state index in [0.717, 1.165) is 0 Å². The monoisotopic (exact) mass is 600 g/mol. The van der Waals surface area contributed by atoms with E-state index in [2.05, 4.69) is 68.7 Å². The standard InChI is InChI=1S/2C8H6BrS.CH2.2ClH.Zr/c2*1-5-2-6-7(9)4-10-8(6)3-5;;;;/h2*2,4,8H,1H3;1H2;2*1H;/q;;;;;+2/p-2. The van der Waals surface area contributed by atoms with Gasteiger partial charge in [0.15, 0.2) is 0 Å². The number of hydrogen-bond acceptors (Lipinski definition) is 2. The van der Waals surface area contributed by atoms with Crippen LogP contribution in [0.5, 0.6) is 0 Å². The fourth-order valence-electron chi connectivity index (χ4n) is 3.50. The Morgan fingerprint density at radius 1 is 0.875 bits per heavy atom. The number of hydrogen-bond donors (Lipinski definition) is 0. The molecule has 0 saturated carbocycles. The van der Waals surface area contributed by atoms with E-state index in [0.29, 0.717) is 10.5 Å². The van der Waals surface area contributed by atoms with Gasteiger partial charge in [-0.1, -0.05) is 0 Å². The molecule has 0 N–H and O–H groups in total. The van der Waals surface area contributed by atoms with Crippen molar-refractivity contribution in [1.29, 1.82) is 0 Å². The Labute approximate surface area is 188 Å². The summed E-state index contributed by atoms with van der Waals surface area (Å²) in [6.45, 7) is 4.56. The maximum absolute atomic E-state index is 4.78. The fourth-order valence-corrected chi connectivity index (χ4v) is 15.7. The third kappa shape index (κ3) is 3.34. The Kier molecular flexibility index (Phi) is 7.43. The van der Waals surface area contributed by atoms with Gasteiger partial charge in [-0.3, -0.25) is 0 Å². The van der Waals surface area contributed by atoms with E-state index in [1.165, 1.54) is 31.3 Å². The van der Waals surface area contributed by atoms with Gasteiger partial charge in [-0.05, 0) is 0 Å². The summed E-state index contributed by atoms with van der Waals surface area (Å²) in [6.07, 6.45) is 4.75. The van der Waals surface area contributed by atoms with Gasteiger partial charge in [-0.2, -0.15) is 0 Å². The molecule has 0 spiro atoms. The molecule has 2 unspecified atom stereocenters. The van der Waals surface area contributed by atoms with Gasteiger partial charge in [0.1, 0.15) is 0 Å². The molecule has 4 aliphatic rings. The molecule has 4 rings (SSSR count). The van der Waals surface area contributed by atoms with Gasteiger partial charge in [-0.25, -0.2) is 0 Å². The van der Waals surface area contributed by atoms with Gasteiger partial charge in [0.05, 0.1) is 0 Å². The van der Waals surface area contributed by atoms with Gasteiger partial charge < -0.3 is 24.8 Å². The second-order valence-electron chi connectivity index (χ2n) is 5.84. The molecule has 2 heterocycles. The summed E-state index contributed by atoms with van der Waals surface area (Å²) in [5.41, 5.74) is 5.88. The molecule has 7 heteroatoms. The summed E-state index contributed by atoms with van der Waals surface area (Å²) in [5, 5.41) is 5.57. The second-order valence-corrected chi connectivity index (χ2v) is 14.5. The van der Waals surface area contributed by atoms with Crippen molar-refractivity contribution in [2.45, 2.75) is 24.3 Å². The van der Waals surface area contributed by atoms with Crippen molar-refractivity contribution in [1.82, 2.24) is 0 Å². The van der Waals surface area contributed by atoms with E-state index < -0.39 is 21.3 Å². The van der Waals surface area contributed by atoms with Crippen molar-refractivity contribution in [3.8, 4) is 0 Å². The first-order valence-corrected chi connectivity index (χ1v) is 14.7. The molecule has 24 heavy (non-hydrogen) atoms. The van der Waals surface area contributed by atoms with E-state index in [1.54, 1.807) is 6.56 Å². The Balaban J connectivity index is 0.00000104. The molecule has 0 amide bonds. The summed E-state index contributed by atoms with van der Waals surface area (Å²) < 4.78 is 10.7. The Hall–Kier alpha value is 1.43. The summed E-state index contributed by atoms with van der Waals surface area (Å²) >= 11 is 9.27. The topological polar surface area (TPSA) is 0 Å². The normalized spacial score (nSPS) is 26.6. The number of halogens is 4. The van der Waals surface area contributed by atoms with Crippen molar-refractivity contribution in [2.75, 3.05) is 0 Å². The number of allylic oxidation sites excluding steroid dienone is 6. The van der Waals surface area contributed by atoms with Gasteiger partial charge in [-0.15, -0.1) is 0 Å². The van der Waals surface area contributed by atoms with Gasteiger partial charge >= 0.3 is 166 Å². The first-order valence-electron chi connectivity index (χ1n) is 7.06. The van der Waals surface area contributed by atoms with Crippen LogP contribution in [0.2, 0.25) is 0 Å². The Morgan fingerprint density at radius 3 is 1.62 bits per heavy atom. The molecule has 0 aromatic rings. The van der Waals surface area contributed by atoms with Gasteiger partial charge in [0.2, 0.25) is 0 Å². The van der Waals surface area contributed by atoms with Crippen LogP contribution in [0, 0.1) is 0 Å². The zero-order valence-electron chi connectivity index (χ0n) is 13.0. The Morgan fingerprint density at radius 2 is 1.25 bits per heavy atom. The van der Waals surface area contributed by atoms with E-state index in [1.807, 2.05) is 23.5 Å². The Bertz CT molecular complexity index is 752. The second kappa shape index (κ2) is 8.21. The van der Waals surface area contributed by atoms with Crippen LogP contribution in [0.15, 0.2) is 60.8 Å². The van der Waals surface area contributed by atoms with Gasteiger partial charge in [0.25, 0.3) is 0 Å². The molecule has 2 aliphatic heterocycles. The first kappa shape index (κ1) is 21.7. The third-order valence-electron chi connectivity index (χ3n) is 4.50. The summed E-state index contributed by atoms with van der Waals surface area (Å²) in [6, 6.07) is 0. The minimum atomic E-state index is -2.04. The molecule has 0 bridgehead atoms. The first-order chi connectivity index (χ1) is 10.5. The largest absolute Gasteiger partial charge is 1.00 e. The molecule has 2 atom stereocenters. The smallest absolute Gasteiger partial charge is 1.00 e. The predicted molar refractivity (Wildman–Crippen MR) is 105 cm³/mol. The van der Waals surface area contributed by atoms with Crippen molar-refractivity contribution in [3.05, 3.63) is 60.8 Å². The van der Waals surface area contributed by atoms with Crippen LogP contribution in [0.4, 0.5) is 0 Å². The van der Waals surface area contributed by atoms with Crippen LogP contribution in [-0.2, 0) is 21.3 Å². The summed E-state index contributed by atoms with van der Waals surface area (Å²) in [5.74, 6) is 0. The molecule has 0 fully saturated rings. The van der Waals surface area contributed by atoms with Gasteiger partial charge in [0, 0.05) is 0 Å². The van der Waals surface area contributed by atoms with Crippen molar-refractivity contribution >= 4 is 59.6 Å². The molecule has 0 nitrogen and oxygen atoms in total. The van der Waals surface area contributed by atoms with Crippen molar-refractivity contribution in [3.63, 3.8) is 0 Å². The molecule has 0 aromatic heterocycles. The van der Waals surface area contributed by atoms with Crippen LogP contribution in [0.3, 0.4) is 0 Å². The third-order valence-corrected chi connectivity index (χ3v) is 16.3. The van der Waals surface area contributed by atoms with E-state index in [9.17, 15) is 0 Å². The van der Waals surface area contributed by atoms with Crippen molar-refractivity contribution in [2.24, 2.45) is 0 Å². The number of thioether (sulfide) groups is 2. The zero-order chi connectivity index (χ0) is 15.6. The molecule has 126 valence electrons. The number of rotatable bonds is 2. The van der Waals surface area contributed by atoms with Crippen molar-refractivity contribution < 1.29 is 46.1 Å². The van der Waals surface area contributed by atoms with Crippen LogP contribution in [-0.4, -0.2) is 14.7 Å². The molecule has 0 radical (unpaired) electrons. The maximum atomic E-state index is 4.78. The quantitative estimate of drug-likeness (QED) is 0.442. The molecule has 0 aromatic carbocycles. The average molecular weight is 604 g/mol. The molecular formula is C17H14Br2Cl2S2Zr. The van der Waals surface area contributed by atoms with E-state index >= 15 is 0 Å². The summed E-state index contributed by atoms with van der Waals surface area (Å²) in [4.78, 5) is 0. The number of fused-ring (bicyclic) bond motifs is 2. The van der Waals surface area contributed by atoms with Crippen LogP contribution in [0.25, 0.3) is 0 Å². The fraction of sp³-hybridized carbons (Fsp3) is 0.235. The molecule has 2 aliphatic carbocycles. The maximum Gasteiger partial charge on any atom is -1.00 e. The molecule has 0 saturated heterocycles. The van der Waals surface area contributed by atoms with Crippen LogP contribution >= 0.6 is 55.4 Å². The molecular weight excluding hydrogens is 590 g/mol. The van der Waals surface area contributed by atoms with E-state index in [4.69, 9.17) is 4.21 Å². The average Bonchev–Trinajstić information content (AvgIpc) is 3.16. The SMILES string of the molecule is [CH2]=[Zr+2]([C]1=C(C)C=C2C(Br)=CSC21)[C]1=C(C)C=C2C(Br)=CSC21.[Cl-].[Cl-].